The maximum atomic E-state index is 13.4. The number of imidazole rings is 1. The van der Waals surface area contributed by atoms with E-state index in [9.17, 15) is 4.39 Å². The molecule has 0 saturated carbocycles. The zero-order valence-electron chi connectivity index (χ0n) is 22.4. The predicted molar refractivity (Wildman–Crippen MR) is 158 cm³/mol. The third kappa shape index (κ3) is 6.64. The van der Waals surface area contributed by atoms with E-state index in [1.807, 2.05) is 13.1 Å². The molecule has 2 aromatic heterocycles. The van der Waals surface area contributed by atoms with Gasteiger partial charge in [-0.2, -0.15) is 0 Å². The van der Waals surface area contributed by atoms with Gasteiger partial charge in [0.05, 0.1) is 17.2 Å². The number of aromatic amines is 1. The monoisotopic (exact) mass is 507 g/mol. The van der Waals surface area contributed by atoms with Crippen LogP contribution in [0, 0.1) is 18.7 Å². The summed E-state index contributed by atoms with van der Waals surface area (Å²) >= 11 is 0. The SMILES string of the molecule is C#C.C=C/C(=C\C(=C/C)c1ccc(NC)c(Cc2nc3c(-c4ccc(F)cc4)cncc3[nH]2)c1)CN(C)C. The molecule has 0 aliphatic heterocycles. The number of hydrogen-bond acceptors (Lipinski definition) is 4. The first kappa shape index (κ1) is 28.1. The zero-order valence-corrected chi connectivity index (χ0v) is 22.4. The van der Waals surface area contributed by atoms with Crippen molar-refractivity contribution in [3.8, 4) is 24.0 Å². The molecule has 2 aromatic carbocycles. The highest BCUT2D eigenvalue weighted by Crippen LogP contribution is 2.29. The third-order valence-electron chi connectivity index (χ3n) is 6.08. The van der Waals surface area contributed by atoms with Gasteiger partial charge in [-0.25, -0.2) is 9.37 Å². The van der Waals surface area contributed by atoms with Gasteiger partial charge in [0.25, 0.3) is 0 Å². The lowest BCUT2D eigenvalue weighted by molar-refractivity contribution is 0.449. The number of hydrogen-bond donors (Lipinski definition) is 2. The summed E-state index contributed by atoms with van der Waals surface area (Å²) < 4.78 is 13.4. The lowest BCUT2D eigenvalue weighted by Crippen LogP contribution is -2.14. The van der Waals surface area contributed by atoms with E-state index in [2.05, 4.69) is 91.0 Å². The molecule has 194 valence electrons. The number of terminal acetylenes is 1. The van der Waals surface area contributed by atoms with Crippen molar-refractivity contribution in [2.75, 3.05) is 33.0 Å². The number of rotatable bonds is 9. The fourth-order valence-electron chi connectivity index (χ4n) is 4.32. The van der Waals surface area contributed by atoms with E-state index in [1.54, 1.807) is 24.5 Å². The van der Waals surface area contributed by atoms with Crippen molar-refractivity contribution in [1.82, 2.24) is 19.9 Å². The quantitative estimate of drug-likeness (QED) is 0.195. The van der Waals surface area contributed by atoms with Crippen LogP contribution in [-0.2, 0) is 6.42 Å². The van der Waals surface area contributed by atoms with Crippen molar-refractivity contribution in [2.24, 2.45) is 0 Å². The second-order valence-corrected chi connectivity index (χ2v) is 8.98. The number of likely N-dealkylation sites (N-methyl/N-ethyl adjacent to an activating group) is 1. The van der Waals surface area contributed by atoms with Crippen LogP contribution in [0.1, 0.15) is 23.9 Å². The van der Waals surface area contributed by atoms with Crippen molar-refractivity contribution in [3.63, 3.8) is 0 Å². The maximum absolute atomic E-state index is 13.4. The van der Waals surface area contributed by atoms with Gasteiger partial charge in [0, 0.05) is 37.5 Å². The molecule has 0 aliphatic rings. The van der Waals surface area contributed by atoms with Gasteiger partial charge in [0.1, 0.15) is 11.6 Å². The Morgan fingerprint density at radius 3 is 2.50 bits per heavy atom. The molecule has 2 N–H and O–H groups in total. The second-order valence-electron chi connectivity index (χ2n) is 8.98. The number of H-pyrrole nitrogens is 1. The molecule has 0 atom stereocenters. The average Bonchev–Trinajstić information content (AvgIpc) is 3.35. The number of fused-ring (bicyclic) bond motifs is 1. The molecule has 4 aromatic rings. The Balaban J connectivity index is 0.00000195. The minimum absolute atomic E-state index is 0.265. The van der Waals surface area contributed by atoms with E-state index in [-0.39, 0.29) is 5.82 Å². The number of nitrogens with zero attached hydrogens (tertiary/aromatic N) is 3. The molecule has 38 heavy (non-hydrogen) atoms. The summed E-state index contributed by atoms with van der Waals surface area (Å²) in [4.78, 5) is 14.8. The van der Waals surface area contributed by atoms with E-state index in [0.717, 1.165) is 62.5 Å². The predicted octanol–water partition coefficient (Wildman–Crippen LogP) is 6.72. The summed E-state index contributed by atoms with van der Waals surface area (Å²) in [5, 5.41) is 3.31. The minimum Gasteiger partial charge on any atom is -0.388 e. The number of benzene rings is 2. The van der Waals surface area contributed by atoms with Crippen LogP contribution in [0.2, 0.25) is 0 Å². The summed E-state index contributed by atoms with van der Waals surface area (Å²) in [5.41, 5.74) is 9.04. The first-order valence-corrected chi connectivity index (χ1v) is 12.3. The van der Waals surface area contributed by atoms with Crippen molar-refractivity contribution in [3.05, 3.63) is 108 Å². The molecule has 0 radical (unpaired) electrons. The molecule has 0 bridgehead atoms. The molecule has 2 heterocycles. The molecular weight excluding hydrogens is 473 g/mol. The molecule has 5 nitrogen and oxygen atoms in total. The summed E-state index contributed by atoms with van der Waals surface area (Å²) in [5.74, 6) is 0.574. The highest BCUT2D eigenvalue weighted by Gasteiger charge is 2.13. The Morgan fingerprint density at radius 1 is 1.13 bits per heavy atom. The summed E-state index contributed by atoms with van der Waals surface area (Å²) in [7, 11) is 6.03. The second kappa shape index (κ2) is 13.2. The molecule has 0 unspecified atom stereocenters. The molecule has 4 rings (SSSR count). The van der Waals surface area contributed by atoms with Gasteiger partial charge in [-0.05, 0) is 73.1 Å². The Labute approximate surface area is 224 Å². The first-order chi connectivity index (χ1) is 18.4. The van der Waals surface area contributed by atoms with Gasteiger partial charge in [-0.15, -0.1) is 12.8 Å². The van der Waals surface area contributed by atoms with Crippen LogP contribution in [0.4, 0.5) is 10.1 Å². The largest absolute Gasteiger partial charge is 0.388 e. The first-order valence-electron chi connectivity index (χ1n) is 12.3. The number of pyridine rings is 1. The molecule has 0 saturated heterocycles. The number of aromatic nitrogens is 3. The molecule has 0 aliphatic carbocycles. The van der Waals surface area contributed by atoms with E-state index in [1.165, 1.54) is 12.1 Å². The van der Waals surface area contributed by atoms with Crippen molar-refractivity contribution < 1.29 is 4.39 Å². The van der Waals surface area contributed by atoms with Crippen molar-refractivity contribution in [1.29, 1.82) is 0 Å². The molecule has 0 amide bonds. The fourth-order valence-corrected chi connectivity index (χ4v) is 4.32. The van der Waals surface area contributed by atoms with E-state index >= 15 is 0 Å². The zero-order chi connectivity index (χ0) is 27.7. The van der Waals surface area contributed by atoms with Crippen LogP contribution in [0.3, 0.4) is 0 Å². The van der Waals surface area contributed by atoms with Crippen LogP contribution in [0.15, 0.2) is 85.2 Å². The molecule has 6 heteroatoms. The summed E-state index contributed by atoms with van der Waals surface area (Å²) in [6.07, 6.45) is 18.4. The van der Waals surface area contributed by atoms with E-state index < -0.39 is 0 Å². The van der Waals surface area contributed by atoms with Gasteiger partial charge in [0.15, 0.2) is 0 Å². The number of nitrogens with one attached hydrogen (secondary N) is 2. The normalized spacial score (nSPS) is 11.8. The van der Waals surface area contributed by atoms with Crippen LogP contribution in [-0.4, -0.2) is 47.5 Å². The fraction of sp³-hybridized carbons (Fsp3) is 0.188. The smallest absolute Gasteiger partial charge is 0.123 e. The standard InChI is InChI=1S/C30H32FN5.C2H2/c1-6-20(19-36(4)5)14-21(7-2)23-10-13-27(32-3)24(15-23)16-29-34-28-18-33-17-26(30(28)35-29)22-8-11-25(31)12-9-22;1-2/h6-15,17-18,32H,1,16,19H2,2-5H3,(H,34,35);1-2H/b20-14+,21-7+;. The summed E-state index contributed by atoms with van der Waals surface area (Å²) in [6.45, 7) is 6.86. The Kier molecular flexibility index (Phi) is 9.75. The number of allylic oxidation sites excluding steroid dienone is 3. The van der Waals surface area contributed by atoms with Gasteiger partial charge in [-0.3, -0.25) is 4.98 Å². The highest BCUT2D eigenvalue weighted by molar-refractivity contribution is 5.91. The maximum Gasteiger partial charge on any atom is 0.123 e. The topological polar surface area (TPSA) is 56.8 Å². The van der Waals surface area contributed by atoms with Gasteiger partial charge in [0.2, 0.25) is 0 Å². The Hall–Kier alpha value is -4.47. The summed E-state index contributed by atoms with van der Waals surface area (Å²) in [6, 6.07) is 12.9. The number of halogens is 1. The van der Waals surface area contributed by atoms with Gasteiger partial charge < -0.3 is 15.2 Å². The lowest BCUT2D eigenvalue weighted by Gasteiger charge is -2.14. The number of anilines is 1. The van der Waals surface area contributed by atoms with Crippen molar-refractivity contribution in [2.45, 2.75) is 13.3 Å². The Morgan fingerprint density at radius 2 is 1.87 bits per heavy atom. The molecular formula is C32H34FN5. The highest BCUT2D eigenvalue weighted by atomic mass is 19.1. The third-order valence-corrected chi connectivity index (χ3v) is 6.08. The van der Waals surface area contributed by atoms with Crippen LogP contribution in [0.25, 0.3) is 27.7 Å². The lowest BCUT2D eigenvalue weighted by atomic mass is 9.98. The van der Waals surface area contributed by atoms with Gasteiger partial charge in [-0.1, -0.05) is 43.0 Å². The van der Waals surface area contributed by atoms with Crippen molar-refractivity contribution >= 4 is 22.3 Å². The van der Waals surface area contributed by atoms with E-state index in [4.69, 9.17) is 4.98 Å². The minimum atomic E-state index is -0.265. The van der Waals surface area contributed by atoms with Crippen LogP contribution >= 0.6 is 0 Å². The molecule has 0 spiro atoms. The van der Waals surface area contributed by atoms with Crippen LogP contribution < -0.4 is 5.32 Å². The van der Waals surface area contributed by atoms with E-state index in [0.29, 0.717) is 6.42 Å². The molecule has 0 fully saturated rings. The van der Waals surface area contributed by atoms with Crippen LogP contribution in [0.5, 0.6) is 0 Å². The van der Waals surface area contributed by atoms with Gasteiger partial charge >= 0.3 is 0 Å². The Bertz CT molecular complexity index is 1470. The average molecular weight is 508 g/mol.